The van der Waals surface area contributed by atoms with Gasteiger partial charge < -0.3 is 14.6 Å². The zero-order valence-electron chi connectivity index (χ0n) is 21.7. The molecule has 0 aliphatic carbocycles. The van der Waals surface area contributed by atoms with Gasteiger partial charge in [-0.15, -0.1) is 0 Å². The van der Waals surface area contributed by atoms with Crippen LogP contribution in [0.25, 0.3) is 34.2 Å². The predicted molar refractivity (Wildman–Crippen MR) is 156 cm³/mol. The lowest BCUT2D eigenvalue weighted by Crippen LogP contribution is -2.00. The number of rotatable bonds is 7. The van der Waals surface area contributed by atoms with Gasteiger partial charge in [-0.05, 0) is 97.4 Å². The number of aromatic nitrogens is 3. The number of nitrogens with zero attached hydrogens (tertiary/aromatic N) is 3. The molecule has 0 bridgehead atoms. The number of benzene rings is 5. The third-order valence-corrected chi connectivity index (χ3v) is 6.21. The quantitative estimate of drug-likeness (QED) is 0.226. The molecule has 0 atom stereocenters. The van der Waals surface area contributed by atoms with Crippen LogP contribution in [0.1, 0.15) is 5.56 Å². The van der Waals surface area contributed by atoms with Gasteiger partial charge in [0.05, 0.1) is 5.56 Å². The molecule has 6 heteroatoms. The maximum Gasteiger partial charge on any atom is 0.167 e. The summed E-state index contributed by atoms with van der Waals surface area (Å²) in [5.74, 6) is 4.38. The third-order valence-electron chi connectivity index (χ3n) is 6.21. The van der Waals surface area contributed by atoms with E-state index in [4.69, 9.17) is 24.4 Å². The fourth-order valence-corrected chi connectivity index (χ4v) is 4.18. The lowest BCUT2D eigenvalue weighted by atomic mass is 10.1. The van der Waals surface area contributed by atoms with E-state index >= 15 is 0 Å². The number of hydrogen-bond donors (Lipinski definition) is 1. The summed E-state index contributed by atoms with van der Waals surface area (Å²) in [6.45, 7) is 1.92. The second kappa shape index (κ2) is 11.1. The van der Waals surface area contributed by atoms with E-state index in [0.29, 0.717) is 34.5 Å². The van der Waals surface area contributed by atoms with Crippen molar-refractivity contribution in [1.82, 2.24) is 15.0 Å². The van der Waals surface area contributed by atoms with E-state index in [2.05, 4.69) is 0 Å². The third kappa shape index (κ3) is 5.66. The first-order chi connectivity index (χ1) is 19.6. The number of phenolic OH excluding ortho intramolecular Hbond substituents is 1. The van der Waals surface area contributed by atoms with Crippen molar-refractivity contribution in [2.45, 2.75) is 6.92 Å². The summed E-state index contributed by atoms with van der Waals surface area (Å²) in [4.78, 5) is 14.2. The Balaban J connectivity index is 1.36. The lowest BCUT2D eigenvalue weighted by molar-refractivity contribution is 0.476. The number of aromatic hydroxyl groups is 1. The number of hydrogen-bond acceptors (Lipinski definition) is 6. The van der Waals surface area contributed by atoms with Crippen LogP contribution in [0.4, 0.5) is 0 Å². The standard InChI is InChI=1S/C34H25N3O3/c1-23-12-21-30(31(38)22-23)34-36-32(24-13-17-28(18-14-24)39-26-8-4-2-5-9-26)35-33(37-34)25-15-19-29(20-16-25)40-27-10-6-3-7-11-27/h2-22,38H,1H3. The Hall–Kier alpha value is -5.49. The Morgan fingerprint density at radius 1 is 0.475 bits per heavy atom. The first-order valence-corrected chi connectivity index (χ1v) is 12.8. The van der Waals surface area contributed by atoms with Gasteiger partial charge in [0, 0.05) is 11.1 Å². The Morgan fingerprint density at radius 3 is 1.35 bits per heavy atom. The minimum absolute atomic E-state index is 0.112. The minimum Gasteiger partial charge on any atom is -0.507 e. The number of para-hydroxylation sites is 2. The molecule has 40 heavy (non-hydrogen) atoms. The summed E-state index contributed by atoms with van der Waals surface area (Å²) >= 11 is 0. The summed E-state index contributed by atoms with van der Waals surface area (Å²) in [5, 5.41) is 10.7. The maximum absolute atomic E-state index is 10.7. The van der Waals surface area contributed by atoms with Crippen LogP contribution in [0.3, 0.4) is 0 Å². The van der Waals surface area contributed by atoms with Crippen molar-refractivity contribution in [1.29, 1.82) is 0 Å². The van der Waals surface area contributed by atoms with Gasteiger partial charge in [-0.1, -0.05) is 42.5 Å². The molecule has 0 fully saturated rings. The van der Waals surface area contributed by atoms with Gasteiger partial charge >= 0.3 is 0 Å². The maximum atomic E-state index is 10.7. The van der Waals surface area contributed by atoms with Gasteiger partial charge in [0.1, 0.15) is 28.7 Å². The average Bonchev–Trinajstić information content (AvgIpc) is 2.99. The fourth-order valence-electron chi connectivity index (χ4n) is 4.18. The number of ether oxygens (including phenoxy) is 2. The van der Waals surface area contributed by atoms with E-state index in [1.165, 1.54) is 0 Å². The molecule has 6 rings (SSSR count). The molecule has 0 spiro atoms. The molecule has 5 aromatic carbocycles. The monoisotopic (exact) mass is 523 g/mol. The molecule has 0 amide bonds. The van der Waals surface area contributed by atoms with E-state index in [1.54, 1.807) is 6.07 Å². The molecule has 194 valence electrons. The van der Waals surface area contributed by atoms with Gasteiger partial charge in [-0.25, -0.2) is 15.0 Å². The molecule has 6 nitrogen and oxygen atoms in total. The summed E-state index contributed by atoms with van der Waals surface area (Å²) in [7, 11) is 0. The highest BCUT2D eigenvalue weighted by molar-refractivity contribution is 5.70. The van der Waals surface area contributed by atoms with Gasteiger partial charge in [0.2, 0.25) is 0 Å². The molecule has 1 heterocycles. The average molecular weight is 524 g/mol. The Bertz CT molecular complexity index is 1640. The Labute approximate surface area is 232 Å². The summed E-state index contributed by atoms with van der Waals surface area (Å²) in [6, 6.07) is 39.8. The van der Waals surface area contributed by atoms with Crippen LogP contribution in [-0.4, -0.2) is 20.1 Å². The minimum atomic E-state index is 0.112. The summed E-state index contributed by atoms with van der Waals surface area (Å²) in [5.41, 5.74) is 3.06. The zero-order valence-corrected chi connectivity index (χ0v) is 21.7. The largest absolute Gasteiger partial charge is 0.507 e. The lowest BCUT2D eigenvalue weighted by Gasteiger charge is -2.11. The van der Waals surface area contributed by atoms with Crippen molar-refractivity contribution in [3.8, 4) is 62.9 Å². The van der Waals surface area contributed by atoms with Crippen molar-refractivity contribution in [2.75, 3.05) is 0 Å². The topological polar surface area (TPSA) is 77.4 Å². The summed E-state index contributed by atoms with van der Waals surface area (Å²) < 4.78 is 11.9. The second-order valence-corrected chi connectivity index (χ2v) is 9.21. The molecule has 0 saturated carbocycles. The summed E-state index contributed by atoms with van der Waals surface area (Å²) in [6.07, 6.45) is 0. The molecule has 0 radical (unpaired) electrons. The van der Waals surface area contributed by atoms with Crippen molar-refractivity contribution in [3.05, 3.63) is 133 Å². The zero-order chi connectivity index (χ0) is 27.3. The second-order valence-electron chi connectivity index (χ2n) is 9.21. The smallest absolute Gasteiger partial charge is 0.167 e. The number of phenols is 1. The predicted octanol–water partition coefficient (Wildman–Crippen LogP) is 8.47. The molecule has 0 unspecified atom stereocenters. The van der Waals surface area contributed by atoms with Gasteiger partial charge in [-0.3, -0.25) is 0 Å². The first-order valence-electron chi connectivity index (χ1n) is 12.8. The van der Waals surface area contributed by atoms with Crippen LogP contribution in [0.2, 0.25) is 0 Å². The Morgan fingerprint density at radius 2 is 0.900 bits per heavy atom. The first kappa shape index (κ1) is 24.8. The van der Waals surface area contributed by atoms with Gasteiger partial charge in [0.25, 0.3) is 0 Å². The highest BCUT2D eigenvalue weighted by atomic mass is 16.5. The molecular formula is C34H25N3O3. The van der Waals surface area contributed by atoms with Crippen LogP contribution >= 0.6 is 0 Å². The number of aryl methyl sites for hydroxylation is 1. The van der Waals surface area contributed by atoms with E-state index in [1.807, 2.05) is 128 Å². The van der Waals surface area contributed by atoms with Gasteiger partial charge in [0.15, 0.2) is 17.5 Å². The van der Waals surface area contributed by atoms with E-state index in [9.17, 15) is 5.11 Å². The van der Waals surface area contributed by atoms with E-state index in [0.717, 1.165) is 28.2 Å². The van der Waals surface area contributed by atoms with Crippen LogP contribution in [0.5, 0.6) is 28.7 Å². The molecule has 1 N–H and O–H groups in total. The highest BCUT2D eigenvalue weighted by Crippen LogP contribution is 2.32. The molecule has 0 saturated heterocycles. The molecule has 0 aliphatic rings. The Kier molecular flexibility index (Phi) is 6.88. The van der Waals surface area contributed by atoms with E-state index in [-0.39, 0.29) is 5.75 Å². The van der Waals surface area contributed by atoms with Crippen molar-refractivity contribution < 1.29 is 14.6 Å². The van der Waals surface area contributed by atoms with Crippen molar-refractivity contribution >= 4 is 0 Å². The van der Waals surface area contributed by atoms with Crippen LogP contribution < -0.4 is 9.47 Å². The van der Waals surface area contributed by atoms with Crippen LogP contribution in [0, 0.1) is 6.92 Å². The molecule has 1 aromatic heterocycles. The fraction of sp³-hybridized carbons (Fsp3) is 0.0294. The van der Waals surface area contributed by atoms with Gasteiger partial charge in [-0.2, -0.15) is 0 Å². The molecule has 0 aliphatic heterocycles. The van der Waals surface area contributed by atoms with E-state index < -0.39 is 0 Å². The van der Waals surface area contributed by atoms with Crippen molar-refractivity contribution in [3.63, 3.8) is 0 Å². The highest BCUT2D eigenvalue weighted by Gasteiger charge is 2.15. The SMILES string of the molecule is Cc1ccc(-c2nc(-c3ccc(Oc4ccccc4)cc3)nc(-c3ccc(Oc4ccccc4)cc3)n2)c(O)c1. The van der Waals surface area contributed by atoms with Crippen molar-refractivity contribution in [2.24, 2.45) is 0 Å². The van der Waals surface area contributed by atoms with Crippen LogP contribution in [0.15, 0.2) is 127 Å². The normalized spacial score (nSPS) is 10.7. The van der Waals surface area contributed by atoms with Crippen LogP contribution in [-0.2, 0) is 0 Å². The molecule has 6 aromatic rings. The molecular weight excluding hydrogens is 498 g/mol.